The van der Waals surface area contributed by atoms with E-state index in [2.05, 4.69) is 42.2 Å². The minimum Gasteiger partial charge on any atom is -0.327 e. The van der Waals surface area contributed by atoms with Gasteiger partial charge in [0.1, 0.15) is 0 Å². The van der Waals surface area contributed by atoms with Gasteiger partial charge < -0.3 is 10.6 Å². The average Bonchev–Trinajstić information content (AvgIpc) is 2.42. The highest BCUT2D eigenvalue weighted by Crippen LogP contribution is 2.21. The van der Waals surface area contributed by atoms with E-state index < -0.39 is 0 Å². The number of nitrogens with zero attached hydrogens (tertiary/aromatic N) is 1. The molecule has 1 aliphatic rings. The SMILES string of the molecule is CCC(N)CN1CCC(Cc2ccccc2)CC1. The molecule has 0 radical (unpaired) electrons. The molecule has 18 heavy (non-hydrogen) atoms. The Kier molecular flexibility index (Phi) is 5.21. The zero-order valence-electron chi connectivity index (χ0n) is 11.5. The molecular weight excluding hydrogens is 220 g/mol. The van der Waals surface area contributed by atoms with Crippen molar-refractivity contribution in [3.63, 3.8) is 0 Å². The van der Waals surface area contributed by atoms with Crippen LogP contribution in [0.5, 0.6) is 0 Å². The van der Waals surface area contributed by atoms with Crippen molar-refractivity contribution in [1.82, 2.24) is 4.90 Å². The number of hydrogen-bond acceptors (Lipinski definition) is 2. The van der Waals surface area contributed by atoms with Gasteiger partial charge in [-0.2, -0.15) is 0 Å². The summed E-state index contributed by atoms with van der Waals surface area (Å²) in [5, 5.41) is 0. The highest BCUT2D eigenvalue weighted by molar-refractivity contribution is 5.15. The van der Waals surface area contributed by atoms with E-state index in [-0.39, 0.29) is 0 Å². The molecule has 1 unspecified atom stereocenters. The Morgan fingerprint density at radius 3 is 2.50 bits per heavy atom. The van der Waals surface area contributed by atoms with Crippen molar-refractivity contribution in [3.8, 4) is 0 Å². The predicted molar refractivity (Wildman–Crippen MR) is 77.6 cm³/mol. The average molecular weight is 246 g/mol. The van der Waals surface area contributed by atoms with Crippen LogP contribution >= 0.6 is 0 Å². The number of rotatable bonds is 5. The summed E-state index contributed by atoms with van der Waals surface area (Å²) < 4.78 is 0. The van der Waals surface area contributed by atoms with Crippen molar-refractivity contribution >= 4 is 0 Å². The van der Waals surface area contributed by atoms with Gasteiger partial charge in [-0.05, 0) is 50.3 Å². The lowest BCUT2D eigenvalue weighted by atomic mass is 9.90. The van der Waals surface area contributed by atoms with E-state index >= 15 is 0 Å². The van der Waals surface area contributed by atoms with Crippen molar-refractivity contribution < 1.29 is 0 Å². The monoisotopic (exact) mass is 246 g/mol. The molecule has 2 heteroatoms. The van der Waals surface area contributed by atoms with E-state index in [1.54, 1.807) is 0 Å². The minimum atomic E-state index is 0.357. The first-order chi connectivity index (χ1) is 8.78. The maximum Gasteiger partial charge on any atom is 0.0165 e. The summed E-state index contributed by atoms with van der Waals surface area (Å²) in [5.41, 5.74) is 7.51. The van der Waals surface area contributed by atoms with Crippen molar-refractivity contribution in [1.29, 1.82) is 0 Å². The number of piperidine rings is 1. The van der Waals surface area contributed by atoms with Crippen LogP contribution in [0, 0.1) is 5.92 Å². The molecule has 1 aliphatic heterocycles. The summed E-state index contributed by atoms with van der Waals surface area (Å²) in [7, 11) is 0. The lowest BCUT2D eigenvalue weighted by molar-refractivity contribution is 0.174. The van der Waals surface area contributed by atoms with Crippen LogP contribution in [0.1, 0.15) is 31.7 Å². The van der Waals surface area contributed by atoms with Gasteiger partial charge >= 0.3 is 0 Å². The van der Waals surface area contributed by atoms with Crippen LogP contribution in [0.15, 0.2) is 30.3 Å². The van der Waals surface area contributed by atoms with Gasteiger partial charge in [0, 0.05) is 12.6 Å². The van der Waals surface area contributed by atoms with E-state index in [4.69, 9.17) is 5.73 Å². The topological polar surface area (TPSA) is 29.3 Å². The Bertz CT molecular complexity index is 328. The third-order valence-corrected chi connectivity index (χ3v) is 4.09. The van der Waals surface area contributed by atoms with Crippen LogP contribution in [0.2, 0.25) is 0 Å². The summed E-state index contributed by atoms with van der Waals surface area (Å²) in [6.45, 7) is 5.71. The Morgan fingerprint density at radius 2 is 1.89 bits per heavy atom. The van der Waals surface area contributed by atoms with E-state index in [0.29, 0.717) is 6.04 Å². The zero-order chi connectivity index (χ0) is 12.8. The predicted octanol–water partition coefficient (Wildman–Crippen LogP) is 2.68. The number of benzene rings is 1. The molecule has 1 heterocycles. The Hall–Kier alpha value is -0.860. The van der Waals surface area contributed by atoms with Gasteiger partial charge in [0.05, 0.1) is 0 Å². The number of likely N-dealkylation sites (tertiary alicyclic amines) is 1. The third kappa shape index (κ3) is 4.11. The first kappa shape index (κ1) is 13.6. The van der Waals surface area contributed by atoms with Crippen LogP contribution < -0.4 is 5.73 Å². The second kappa shape index (κ2) is 6.91. The van der Waals surface area contributed by atoms with Crippen molar-refractivity contribution in [2.75, 3.05) is 19.6 Å². The molecule has 0 aliphatic carbocycles. The molecule has 0 aromatic heterocycles. The highest BCUT2D eigenvalue weighted by Gasteiger charge is 2.20. The largest absolute Gasteiger partial charge is 0.327 e. The summed E-state index contributed by atoms with van der Waals surface area (Å²) in [5.74, 6) is 0.863. The van der Waals surface area contributed by atoms with Crippen molar-refractivity contribution in [3.05, 3.63) is 35.9 Å². The van der Waals surface area contributed by atoms with Gasteiger partial charge in [-0.1, -0.05) is 37.3 Å². The maximum absolute atomic E-state index is 6.02. The molecule has 100 valence electrons. The normalized spacial score (nSPS) is 19.9. The lowest BCUT2D eigenvalue weighted by Gasteiger charge is -2.33. The maximum atomic E-state index is 6.02. The van der Waals surface area contributed by atoms with Crippen LogP contribution in [-0.2, 0) is 6.42 Å². The molecule has 2 N–H and O–H groups in total. The van der Waals surface area contributed by atoms with Crippen molar-refractivity contribution in [2.24, 2.45) is 11.7 Å². The quantitative estimate of drug-likeness (QED) is 0.865. The van der Waals surface area contributed by atoms with Crippen LogP contribution in [0.3, 0.4) is 0 Å². The Morgan fingerprint density at radius 1 is 1.22 bits per heavy atom. The zero-order valence-corrected chi connectivity index (χ0v) is 11.5. The van der Waals surface area contributed by atoms with Crippen LogP contribution in [0.25, 0.3) is 0 Å². The highest BCUT2D eigenvalue weighted by atomic mass is 15.1. The molecular formula is C16H26N2. The smallest absolute Gasteiger partial charge is 0.0165 e. The van der Waals surface area contributed by atoms with Gasteiger partial charge in [0.15, 0.2) is 0 Å². The summed E-state index contributed by atoms with van der Waals surface area (Å²) >= 11 is 0. The molecule has 1 aromatic rings. The Balaban J connectivity index is 1.73. The molecule has 0 amide bonds. The van der Waals surface area contributed by atoms with Gasteiger partial charge in [0.2, 0.25) is 0 Å². The van der Waals surface area contributed by atoms with Crippen LogP contribution in [0.4, 0.5) is 0 Å². The van der Waals surface area contributed by atoms with E-state index in [9.17, 15) is 0 Å². The first-order valence-electron chi connectivity index (χ1n) is 7.29. The number of hydrogen-bond donors (Lipinski definition) is 1. The molecule has 2 nitrogen and oxygen atoms in total. The molecule has 1 aromatic carbocycles. The third-order valence-electron chi connectivity index (χ3n) is 4.09. The van der Waals surface area contributed by atoms with Gasteiger partial charge in [-0.25, -0.2) is 0 Å². The molecule has 1 saturated heterocycles. The standard InChI is InChI=1S/C16H26N2/c1-2-16(17)13-18-10-8-15(9-11-18)12-14-6-4-3-5-7-14/h3-7,15-16H,2,8-13,17H2,1H3. The Labute approximate surface area is 111 Å². The molecule has 0 spiro atoms. The molecule has 2 rings (SSSR count). The van der Waals surface area contributed by atoms with Crippen molar-refractivity contribution in [2.45, 2.75) is 38.6 Å². The lowest BCUT2D eigenvalue weighted by Crippen LogP contribution is -2.42. The fourth-order valence-corrected chi connectivity index (χ4v) is 2.78. The van der Waals surface area contributed by atoms with E-state index in [0.717, 1.165) is 18.9 Å². The van der Waals surface area contributed by atoms with Gasteiger partial charge in [0.25, 0.3) is 0 Å². The van der Waals surface area contributed by atoms with E-state index in [1.165, 1.54) is 37.9 Å². The number of nitrogens with two attached hydrogens (primary N) is 1. The summed E-state index contributed by atoms with van der Waals surface area (Å²) in [4.78, 5) is 2.54. The minimum absolute atomic E-state index is 0.357. The first-order valence-corrected chi connectivity index (χ1v) is 7.29. The summed E-state index contributed by atoms with van der Waals surface area (Å²) in [6, 6.07) is 11.2. The molecule has 0 bridgehead atoms. The fourth-order valence-electron chi connectivity index (χ4n) is 2.78. The summed E-state index contributed by atoms with van der Waals surface area (Å²) in [6.07, 6.45) is 4.98. The van der Waals surface area contributed by atoms with Gasteiger partial charge in [-0.15, -0.1) is 0 Å². The molecule has 1 fully saturated rings. The van der Waals surface area contributed by atoms with E-state index in [1.807, 2.05) is 0 Å². The fraction of sp³-hybridized carbons (Fsp3) is 0.625. The van der Waals surface area contributed by atoms with Gasteiger partial charge in [-0.3, -0.25) is 0 Å². The molecule has 0 saturated carbocycles. The second-order valence-electron chi connectivity index (χ2n) is 5.60. The van der Waals surface area contributed by atoms with Crippen LogP contribution in [-0.4, -0.2) is 30.6 Å². The second-order valence-corrected chi connectivity index (χ2v) is 5.60. The molecule has 1 atom stereocenters.